The number of carbonyl (C=O) groups is 1. The van der Waals surface area contributed by atoms with E-state index in [9.17, 15) is 4.79 Å². The molecule has 0 radical (unpaired) electrons. The number of hydrogen-bond donors (Lipinski definition) is 0. The SMILES string of the molecule is C[C@H]1CN(C(=O)C(c2ccccc2)c2ccccc2)C(=Nc2ccc(Cl)cc2)S1. The van der Waals surface area contributed by atoms with Crippen molar-refractivity contribution in [3.8, 4) is 0 Å². The Morgan fingerprint density at radius 2 is 1.52 bits per heavy atom. The Bertz CT molecular complexity index is 967. The van der Waals surface area contributed by atoms with Crippen molar-refractivity contribution in [1.29, 1.82) is 0 Å². The van der Waals surface area contributed by atoms with E-state index in [0.29, 0.717) is 11.6 Å². The quantitative estimate of drug-likeness (QED) is 0.509. The van der Waals surface area contributed by atoms with Gasteiger partial charge in [-0.3, -0.25) is 9.69 Å². The van der Waals surface area contributed by atoms with E-state index in [-0.39, 0.29) is 17.1 Å². The van der Waals surface area contributed by atoms with Gasteiger partial charge in [-0.15, -0.1) is 0 Å². The highest BCUT2D eigenvalue weighted by atomic mass is 35.5. The van der Waals surface area contributed by atoms with Gasteiger partial charge in [0.25, 0.3) is 0 Å². The molecule has 5 heteroatoms. The van der Waals surface area contributed by atoms with Crippen LogP contribution in [-0.2, 0) is 4.79 Å². The van der Waals surface area contributed by atoms with Crippen LogP contribution < -0.4 is 0 Å². The minimum absolute atomic E-state index is 0.0481. The Kier molecular flexibility index (Phi) is 6.02. The molecule has 1 aliphatic rings. The second kappa shape index (κ2) is 8.85. The topological polar surface area (TPSA) is 32.7 Å². The fourth-order valence-electron chi connectivity index (χ4n) is 3.44. The summed E-state index contributed by atoms with van der Waals surface area (Å²) in [5.41, 5.74) is 2.76. The fraction of sp³-hybridized carbons (Fsp3) is 0.167. The first-order valence-corrected chi connectivity index (χ1v) is 10.8. The Hall–Kier alpha value is -2.56. The lowest BCUT2D eigenvalue weighted by Gasteiger charge is -2.24. The molecule has 1 fully saturated rings. The summed E-state index contributed by atoms with van der Waals surface area (Å²) in [4.78, 5) is 20.3. The van der Waals surface area contributed by atoms with E-state index < -0.39 is 0 Å². The van der Waals surface area contributed by atoms with Crippen LogP contribution in [0.4, 0.5) is 5.69 Å². The molecule has 1 atom stereocenters. The largest absolute Gasteiger partial charge is 0.289 e. The van der Waals surface area contributed by atoms with E-state index in [4.69, 9.17) is 16.6 Å². The van der Waals surface area contributed by atoms with Crippen LogP contribution in [-0.4, -0.2) is 27.8 Å². The molecule has 0 unspecified atom stereocenters. The smallest absolute Gasteiger partial charge is 0.240 e. The molecule has 0 N–H and O–H groups in total. The van der Waals surface area contributed by atoms with Gasteiger partial charge in [0.05, 0.1) is 11.6 Å². The highest BCUT2D eigenvalue weighted by Gasteiger charge is 2.36. The van der Waals surface area contributed by atoms with Crippen molar-refractivity contribution in [2.45, 2.75) is 18.1 Å². The zero-order valence-corrected chi connectivity index (χ0v) is 17.6. The summed E-state index contributed by atoms with van der Waals surface area (Å²) in [5, 5.41) is 1.70. The molecule has 146 valence electrons. The molecule has 1 aliphatic heterocycles. The Morgan fingerprint density at radius 3 is 2.07 bits per heavy atom. The molecule has 1 saturated heterocycles. The summed E-state index contributed by atoms with van der Waals surface area (Å²) in [6, 6.07) is 27.2. The summed E-state index contributed by atoms with van der Waals surface area (Å²) in [6.07, 6.45) is 0. The number of halogens is 1. The van der Waals surface area contributed by atoms with Crippen LogP contribution in [0.25, 0.3) is 0 Å². The maximum Gasteiger partial charge on any atom is 0.240 e. The van der Waals surface area contributed by atoms with Crippen LogP contribution in [0.15, 0.2) is 89.9 Å². The maximum atomic E-state index is 13.8. The van der Waals surface area contributed by atoms with Crippen molar-refractivity contribution >= 4 is 40.1 Å². The molecule has 0 bridgehead atoms. The summed E-state index contributed by atoms with van der Waals surface area (Å²) in [6.45, 7) is 2.77. The van der Waals surface area contributed by atoms with Crippen LogP contribution in [0.3, 0.4) is 0 Å². The van der Waals surface area contributed by atoms with Gasteiger partial charge >= 0.3 is 0 Å². The summed E-state index contributed by atoms with van der Waals surface area (Å²) in [5.74, 6) is -0.314. The third-order valence-corrected chi connectivity index (χ3v) is 6.13. The van der Waals surface area contributed by atoms with Crippen molar-refractivity contribution in [1.82, 2.24) is 4.90 Å². The number of benzene rings is 3. The Labute approximate surface area is 180 Å². The molecule has 0 aromatic heterocycles. The zero-order chi connectivity index (χ0) is 20.2. The molecule has 3 aromatic rings. The second-order valence-electron chi connectivity index (χ2n) is 7.00. The monoisotopic (exact) mass is 420 g/mol. The highest BCUT2D eigenvalue weighted by molar-refractivity contribution is 8.14. The van der Waals surface area contributed by atoms with Crippen molar-refractivity contribution in [3.05, 3.63) is 101 Å². The molecular weight excluding hydrogens is 400 g/mol. The van der Waals surface area contributed by atoms with Gasteiger partial charge in [-0.1, -0.05) is 91.0 Å². The lowest BCUT2D eigenvalue weighted by Crippen LogP contribution is -2.37. The molecule has 0 aliphatic carbocycles. The number of amidine groups is 1. The van der Waals surface area contributed by atoms with Gasteiger partial charge in [-0.05, 0) is 35.4 Å². The standard InChI is InChI=1S/C24H21ClN2OS/c1-17-16-27(24(29-17)26-21-14-12-20(25)13-15-21)23(28)22(18-8-4-2-5-9-18)19-10-6-3-7-11-19/h2-15,17,22H,16H2,1H3/t17-/m0/s1. The van der Waals surface area contributed by atoms with Crippen molar-refractivity contribution in [2.75, 3.05) is 6.54 Å². The summed E-state index contributed by atoms with van der Waals surface area (Å²) >= 11 is 7.62. The molecule has 4 rings (SSSR count). The number of hydrogen-bond acceptors (Lipinski definition) is 3. The first-order chi connectivity index (χ1) is 14.1. The van der Waals surface area contributed by atoms with Crippen LogP contribution in [0, 0.1) is 0 Å². The van der Waals surface area contributed by atoms with E-state index in [0.717, 1.165) is 22.0 Å². The molecule has 1 heterocycles. The average molecular weight is 421 g/mol. The number of nitrogens with zero attached hydrogens (tertiary/aromatic N) is 2. The molecule has 0 saturated carbocycles. The molecule has 0 spiro atoms. The highest BCUT2D eigenvalue weighted by Crippen LogP contribution is 2.34. The third-order valence-electron chi connectivity index (χ3n) is 4.81. The molecular formula is C24H21ClN2OS. The van der Waals surface area contributed by atoms with E-state index in [2.05, 4.69) is 6.92 Å². The minimum Gasteiger partial charge on any atom is -0.289 e. The molecule has 1 amide bonds. The van der Waals surface area contributed by atoms with Gasteiger partial charge in [0.15, 0.2) is 5.17 Å². The predicted octanol–water partition coefficient (Wildman–Crippen LogP) is 6.12. The molecule has 3 aromatic carbocycles. The van der Waals surface area contributed by atoms with E-state index >= 15 is 0 Å². The van der Waals surface area contributed by atoms with E-state index in [1.807, 2.05) is 89.8 Å². The van der Waals surface area contributed by atoms with E-state index in [1.54, 1.807) is 11.8 Å². The number of carbonyl (C=O) groups excluding carboxylic acids is 1. The van der Waals surface area contributed by atoms with Gasteiger partial charge in [0.2, 0.25) is 5.91 Å². The number of amides is 1. The average Bonchev–Trinajstić information content (AvgIpc) is 3.11. The van der Waals surface area contributed by atoms with Crippen LogP contribution in [0.2, 0.25) is 5.02 Å². The van der Waals surface area contributed by atoms with E-state index in [1.165, 1.54) is 0 Å². The lowest BCUT2D eigenvalue weighted by atomic mass is 9.90. The van der Waals surface area contributed by atoms with Crippen LogP contribution in [0.5, 0.6) is 0 Å². The van der Waals surface area contributed by atoms with Crippen LogP contribution >= 0.6 is 23.4 Å². The Balaban J connectivity index is 1.71. The first-order valence-electron chi connectivity index (χ1n) is 9.54. The van der Waals surface area contributed by atoms with Gasteiger partial charge in [0.1, 0.15) is 0 Å². The lowest BCUT2D eigenvalue weighted by molar-refractivity contribution is -0.127. The van der Waals surface area contributed by atoms with Crippen molar-refractivity contribution in [2.24, 2.45) is 4.99 Å². The number of aliphatic imine (C=N–C) groups is 1. The van der Waals surface area contributed by atoms with Crippen LogP contribution in [0.1, 0.15) is 24.0 Å². The van der Waals surface area contributed by atoms with Gasteiger partial charge in [-0.25, -0.2) is 4.99 Å². The minimum atomic E-state index is -0.362. The van der Waals surface area contributed by atoms with Crippen molar-refractivity contribution < 1.29 is 4.79 Å². The number of rotatable bonds is 4. The maximum absolute atomic E-state index is 13.8. The summed E-state index contributed by atoms with van der Waals surface area (Å²) < 4.78 is 0. The zero-order valence-electron chi connectivity index (χ0n) is 16.0. The normalized spacial score (nSPS) is 17.8. The number of thioether (sulfide) groups is 1. The van der Waals surface area contributed by atoms with Gasteiger partial charge < -0.3 is 0 Å². The van der Waals surface area contributed by atoms with Crippen molar-refractivity contribution in [3.63, 3.8) is 0 Å². The Morgan fingerprint density at radius 1 is 0.966 bits per heavy atom. The third kappa shape index (κ3) is 4.55. The predicted molar refractivity (Wildman–Crippen MR) is 122 cm³/mol. The van der Waals surface area contributed by atoms with Gasteiger partial charge in [-0.2, -0.15) is 0 Å². The first kappa shape index (κ1) is 19.7. The summed E-state index contributed by atoms with van der Waals surface area (Å²) in [7, 11) is 0. The molecule has 3 nitrogen and oxygen atoms in total. The molecule has 29 heavy (non-hydrogen) atoms. The second-order valence-corrected chi connectivity index (χ2v) is 8.84. The fourth-order valence-corrected chi connectivity index (χ4v) is 4.60. The van der Waals surface area contributed by atoms with Gasteiger partial charge in [0, 0.05) is 16.8 Å².